The molecule has 0 aliphatic heterocycles. The fraction of sp³-hybridized carbons (Fsp3) is 0.875. The average molecular weight is 253 g/mol. The number of carbonyl (C=O) groups is 1. The maximum Gasteiger partial charge on any atom is 0.334 e. The number of carbonyl (C=O) groups excluding carboxylic acids is 1. The molecule has 0 bridgehead atoms. The van der Waals surface area contributed by atoms with E-state index in [1.54, 1.807) is 0 Å². The summed E-state index contributed by atoms with van der Waals surface area (Å²) in [5, 5.41) is 0.402. The first-order chi connectivity index (χ1) is 6.97. The van der Waals surface area contributed by atoms with Crippen LogP contribution in [0.4, 0.5) is 0 Å². The van der Waals surface area contributed by atoms with Crippen LogP contribution in [0.3, 0.4) is 0 Å². The SMILES string of the molecule is O=C(CP(=O)(O)O)NSC1CCCCC1. The van der Waals surface area contributed by atoms with E-state index >= 15 is 0 Å². The van der Waals surface area contributed by atoms with Crippen LogP contribution < -0.4 is 4.72 Å². The smallest absolute Gasteiger partial charge is 0.324 e. The number of rotatable bonds is 4. The lowest BCUT2D eigenvalue weighted by Gasteiger charge is -2.20. The van der Waals surface area contributed by atoms with E-state index in [0.717, 1.165) is 12.8 Å². The number of hydrogen-bond donors (Lipinski definition) is 3. The molecule has 0 aromatic carbocycles. The van der Waals surface area contributed by atoms with Gasteiger partial charge in [-0.1, -0.05) is 19.3 Å². The van der Waals surface area contributed by atoms with Crippen LogP contribution in [0.2, 0.25) is 0 Å². The number of amides is 1. The summed E-state index contributed by atoms with van der Waals surface area (Å²) in [4.78, 5) is 28.2. The molecule has 0 saturated heterocycles. The highest BCUT2D eigenvalue weighted by atomic mass is 32.2. The number of nitrogens with one attached hydrogen (secondary N) is 1. The molecular formula is C8H16NO4PS. The van der Waals surface area contributed by atoms with Crippen molar-refractivity contribution in [2.24, 2.45) is 0 Å². The molecular weight excluding hydrogens is 237 g/mol. The molecule has 0 aromatic rings. The Bertz CT molecular complexity index is 261. The molecule has 15 heavy (non-hydrogen) atoms. The second-order valence-corrected chi connectivity index (χ2v) is 6.48. The first-order valence-electron chi connectivity index (χ1n) is 4.96. The minimum atomic E-state index is -4.22. The Labute approximate surface area is 93.3 Å². The highest BCUT2D eigenvalue weighted by Crippen LogP contribution is 2.34. The quantitative estimate of drug-likeness (QED) is 0.518. The lowest BCUT2D eigenvalue weighted by atomic mass is 10.0. The second-order valence-electron chi connectivity index (χ2n) is 3.73. The molecule has 5 nitrogen and oxygen atoms in total. The van der Waals surface area contributed by atoms with Crippen molar-refractivity contribution < 1.29 is 19.1 Å². The molecule has 1 fully saturated rings. The van der Waals surface area contributed by atoms with Crippen molar-refractivity contribution in [2.75, 3.05) is 6.16 Å². The van der Waals surface area contributed by atoms with Gasteiger partial charge in [0.2, 0.25) is 5.91 Å². The summed E-state index contributed by atoms with van der Waals surface area (Å²) in [5.74, 6) is -0.584. The van der Waals surface area contributed by atoms with Crippen LogP contribution in [0.15, 0.2) is 0 Å². The van der Waals surface area contributed by atoms with E-state index in [1.165, 1.54) is 31.2 Å². The van der Waals surface area contributed by atoms with E-state index in [4.69, 9.17) is 9.79 Å². The van der Waals surface area contributed by atoms with Crippen molar-refractivity contribution in [3.05, 3.63) is 0 Å². The molecule has 0 atom stereocenters. The van der Waals surface area contributed by atoms with E-state index in [9.17, 15) is 9.36 Å². The summed E-state index contributed by atoms with van der Waals surface area (Å²) in [7, 11) is -4.22. The molecule has 1 aliphatic carbocycles. The molecule has 0 unspecified atom stereocenters. The van der Waals surface area contributed by atoms with Gasteiger partial charge in [0.05, 0.1) is 0 Å². The zero-order valence-corrected chi connectivity index (χ0v) is 10.1. The van der Waals surface area contributed by atoms with Gasteiger partial charge in [0.25, 0.3) is 0 Å². The van der Waals surface area contributed by atoms with Gasteiger partial charge >= 0.3 is 7.60 Å². The van der Waals surface area contributed by atoms with E-state index in [1.807, 2.05) is 0 Å². The zero-order valence-electron chi connectivity index (χ0n) is 8.39. The molecule has 1 amide bonds. The Morgan fingerprint density at radius 3 is 2.47 bits per heavy atom. The third-order valence-corrected chi connectivity index (χ3v) is 4.09. The third-order valence-electron chi connectivity index (χ3n) is 2.24. The summed E-state index contributed by atoms with van der Waals surface area (Å²) >= 11 is 1.30. The molecule has 0 aromatic heterocycles. The second kappa shape index (κ2) is 5.89. The fourth-order valence-electron chi connectivity index (χ4n) is 1.55. The highest BCUT2D eigenvalue weighted by Gasteiger charge is 2.20. The predicted octanol–water partition coefficient (Wildman–Crippen LogP) is 1.26. The van der Waals surface area contributed by atoms with Crippen molar-refractivity contribution in [2.45, 2.75) is 37.4 Å². The van der Waals surface area contributed by atoms with Crippen LogP contribution >= 0.6 is 19.5 Å². The van der Waals surface area contributed by atoms with Gasteiger partial charge in [0.15, 0.2) is 0 Å². The van der Waals surface area contributed by atoms with Crippen molar-refractivity contribution in [1.82, 2.24) is 4.72 Å². The third kappa shape index (κ3) is 6.20. The highest BCUT2D eigenvalue weighted by molar-refractivity contribution is 7.98. The minimum absolute atomic E-state index is 0.402. The Kier molecular flexibility index (Phi) is 5.12. The molecule has 0 spiro atoms. The van der Waals surface area contributed by atoms with Gasteiger partial charge in [-0.3, -0.25) is 14.1 Å². The van der Waals surface area contributed by atoms with E-state index in [2.05, 4.69) is 4.72 Å². The monoisotopic (exact) mass is 253 g/mol. The summed E-state index contributed by atoms with van der Waals surface area (Å²) in [6.07, 6.45) is 5.01. The van der Waals surface area contributed by atoms with Crippen molar-refractivity contribution in [1.29, 1.82) is 0 Å². The molecule has 88 valence electrons. The molecule has 0 radical (unpaired) electrons. The Hall–Kier alpha value is -0.0300. The van der Waals surface area contributed by atoms with Crippen LogP contribution in [0.5, 0.6) is 0 Å². The van der Waals surface area contributed by atoms with Crippen molar-refractivity contribution >= 4 is 25.5 Å². The summed E-state index contributed by atoms with van der Waals surface area (Å²) < 4.78 is 13.0. The zero-order chi connectivity index (χ0) is 11.3. The van der Waals surface area contributed by atoms with Gasteiger partial charge in [0, 0.05) is 5.25 Å². The molecule has 1 saturated carbocycles. The largest absolute Gasteiger partial charge is 0.334 e. The van der Waals surface area contributed by atoms with Gasteiger partial charge in [-0.25, -0.2) is 0 Å². The molecule has 0 heterocycles. The first kappa shape index (κ1) is 13.0. The van der Waals surface area contributed by atoms with E-state index < -0.39 is 19.7 Å². The van der Waals surface area contributed by atoms with Gasteiger partial charge in [0.1, 0.15) is 6.16 Å². The maximum absolute atomic E-state index is 11.1. The van der Waals surface area contributed by atoms with Crippen LogP contribution in [-0.2, 0) is 9.36 Å². The molecule has 1 rings (SSSR count). The van der Waals surface area contributed by atoms with Gasteiger partial charge in [-0.05, 0) is 24.8 Å². The van der Waals surface area contributed by atoms with Crippen LogP contribution in [0.1, 0.15) is 32.1 Å². The van der Waals surface area contributed by atoms with Crippen molar-refractivity contribution in [3.8, 4) is 0 Å². The molecule has 7 heteroatoms. The van der Waals surface area contributed by atoms with Gasteiger partial charge < -0.3 is 9.79 Å². The lowest BCUT2D eigenvalue weighted by Crippen LogP contribution is -2.24. The lowest BCUT2D eigenvalue weighted by molar-refractivity contribution is -0.117. The van der Waals surface area contributed by atoms with Crippen molar-refractivity contribution in [3.63, 3.8) is 0 Å². The van der Waals surface area contributed by atoms with Gasteiger partial charge in [-0.2, -0.15) is 0 Å². The van der Waals surface area contributed by atoms with E-state index in [0.29, 0.717) is 5.25 Å². The predicted molar refractivity (Wildman–Crippen MR) is 59.5 cm³/mol. The molecule has 3 N–H and O–H groups in total. The van der Waals surface area contributed by atoms with Gasteiger partial charge in [-0.15, -0.1) is 0 Å². The summed E-state index contributed by atoms with van der Waals surface area (Å²) in [6.45, 7) is 0. The van der Waals surface area contributed by atoms with Crippen LogP contribution in [0, 0.1) is 0 Å². The number of hydrogen-bond acceptors (Lipinski definition) is 3. The average Bonchev–Trinajstić information content (AvgIpc) is 2.14. The Morgan fingerprint density at radius 1 is 1.33 bits per heavy atom. The fourth-order valence-corrected chi connectivity index (χ4v) is 3.05. The van der Waals surface area contributed by atoms with Crippen LogP contribution in [0.25, 0.3) is 0 Å². The maximum atomic E-state index is 11.1. The summed E-state index contributed by atoms with van der Waals surface area (Å²) in [6, 6.07) is 0. The normalized spacial score (nSPS) is 18.8. The van der Waals surface area contributed by atoms with Crippen LogP contribution in [-0.4, -0.2) is 27.1 Å². The Balaban J connectivity index is 2.18. The Morgan fingerprint density at radius 2 is 1.93 bits per heavy atom. The topological polar surface area (TPSA) is 86.6 Å². The summed E-state index contributed by atoms with van der Waals surface area (Å²) in [5.41, 5.74) is 0. The minimum Gasteiger partial charge on any atom is -0.324 e. The molecule has 1 aliphatic rings. The standard InChI is InChI=1S/C8H16NO4PS/c10-8(6-14(11,12)13)9-15-7-4-2-1-3-5-7/h7H,1-6H2,(H,9,10)(H2,11,12,13). The van der Waals surface area contributed by atoms with E-state index in [-0.39, 0.29) is 0 Å². The first-order valence-corrected chi connectivity index (χ1v) is 7.64.